The van der Waals surface area contributed by atoms with E-state index in [1.807, 2.05) is 6.92 Å². The molecule has 0 spiro atoms. The van der Waals surface area contributed by atoms with Crippen LogP contribution in [0.4, 0.5) is 22.2 Å². The molecule has 1 aromatic carbocycles. The molecule has 174 valence electrons. The van der Waals surface area contributed by atoms with Crippen molar-refractivity contribution in [2.24, 2.45) is 4.36 Å². The van der Waals surface area contributed by atoms with Crippen LogP contribution < -0.4 is 10.6 Å². The Bertz CT molecular complexity index is 1210. The van der Waals surface area contributed by atoms with Crippen molar-refractivity contribution in [3.8, 4) is 11.3 Å². The van der Waals surface area contributed by atoms with E-state index >= 15 is 0 Å². The van der Waals surface area contributed by atoms with Gasteiger partial charge < -0.3 is 20.5 Å². The van der Waals surface area contributed by atoms with Gasteiger partial charge in [-0.05, 0) is 38.1 Å². The molecule has 3 aromatic rings. The molecule has 33 heavy (non-hydrogen) atoms. The fourth-order valence-electron chi connectivity index (χ4n) is 2.72. The lowest BCUT2D eigenvalue weighted by Gasteiger charge is -2.16. The van der Waals surface area contributed by atoms with Gasteiger partial charge in [-0.25, -0.2) is 14.0 Å². The van der Waals surface area contributed by atoms with Crippen molar-refractivity contribution in [1.29, 1.82) is 0 Å². The highest BCUT2D eigenvalue weighted by Crippen LogP contribution is 2.26. The summed E-state index contributed by atoms with van der Waals surface area (Å²) >= 11 is 0. The summed E-state index contributed by atoms with van der Waals surface area (Å²) in [5.74, 6) is 0.785. The zero-order chi connectivity index (χ0) is 23.8. The van der Waals surface area contributed by atoms with Gasteiger partial charge in [-0.15, -0.1) is 4.36 Å². The molecule has 0 aliphatic carbocycles. The third-order valence-corrected chi connectivity index (χ3v) is 5.99. The molecule has 1 amide bonds. The Morgan fingerprint density at radius 1 is 1.21 bits per heavy atom. The standard InChI is InChI=1S/C21H25N7O4S/c1-4-32-21(30)28-33(3,31)16-7-5-15(6-8-16)26-20-24-11-17(18-12-22-9-10-23-18)19(27-20)25-14(2)13-29/h5-12,14,29H,4,13H2,1-3H3,(H2,24,25,26,27)/t14-,33?/m1/s1. The number of nitrogens with one attached hydrogen (secondary N) is 2. The Labute approximate surface area is 191 Å². The molecule has 3 rings (SSSR count). The first-order chi connectivity index (χ1) is 15.8. The Morgan fingerprint density at radius 2 is 1.97 bits per heavy atom. The van der Waals surface area contributed by atoms with Crippen LogP contribution in [0.5, 0.6) is 0 Å². The average molecular weight is 472 g/mol. The SMILES string of the molecule is CCOC(=O)N=S(C)(=O)c1ccc(Nc2ncc(-c3cnccn3)c(N[C@H](C)CO)n2)cc1. The summed E-state index contributed by atoms with van der Waals surface area (Å²) < 4.78 is 21.1. The van der Waals surface area contributed by atoms with Crippen LogP contribution in [0, 0.1) is 0 Å². The van der Waals surface area contributed by atoms with Crippen LogP contribution in [-0.2, 0) is 14.5 Å². The molecule has 2 heterocycles. The number of aliphatic hydroxyl groups excluding tert-OH is 1. The van der Waals surface area contributed by atoms with Crippen molar-refractivity contribution in [3.05, 3.63) is 49.1 Å². The summed E-state index contributed by atoms with van der Waals surface area (Å²) in [5.41, 5.74) is 1.86. The van der Waals surface area contributed by atoms with Gasteiger partial charge in [0, 0.05) is 41.5 Å². The molecule has 0 saturated heterocycles. The second-order valence-electron chi connectivity index (χ2n) is 7.02. The maximum Gasteiger partial charge on any atom is 0.442 e. The Hall–Kier alpha value is -3.64. The van der Waals surface area contributed by atoms with E-state index in [4.69, 9.17) is 4.74 Å². The summed E-state index contributed by atoms with van der Waals surface area (Å²) in [6, 6.07) is 6.33. The van der Waals surface area contributed by atoms with Gasteiger partial charge in [0.25, 0.3) is 0 Å². The largest absolute Gasteiger partial charge is 0.448 e. The number of ether oxygens (including phenoxy) is 1. The molecule has 2 aromatic heterocycles. The highest BCUT2D eigenvalue weighted by atomic mass is 32.2. The molecular weight excluding hydrogens is 446 g/mol. The number of aromatic nitrogens is 4. The minimum atomic E-state index is -2.94. The number of carbonyl (C=O) groups is 1. The molecule has 0 radical (unpaired) electrons. The summed E-state index contributed by atoms with van der Waals surface area (Å²) in [4.78, 5) is 29.2. The summed E-state index contributed by atoms with van der Waals surface area (Å²) in [7, 11) is -2.94. The maximum absolute atomic E-state index is 12.7. The van der Waals surface area contributed by atoms with Crippen LogP contribution in [0.3, 0.4) is 0 Å². The molecular formula is C21H25N7O4S. The van der Waals surface area contributed by atoms with Crippen LogP contribution in [0.1, 0.15) is 13.8 Å². The van der Waals surface area contributed by atoms with E-state index in [1.54, 1.807) is 56.0 Å². The van der Waals surface area contributed by atoms with Crippen LogP contribution in [0.15, 0.2) is 58.3 Å². The molecule has 3 N–H and O–H groups in total. The van der Waals surface area contributed by atoms with Gasteiger partial charge in [-0.2, -0.15) is 4.98 Å². The monoisotopic (exact) mass is 471 g/mol. The molecule has 12 heteroatoms. The van der Waals surface area contributed by atoms with Crippen molar-refractivity contribution in [2.75, 3.05) is 30.1 Å². The first-order valence-corrected chi connectivity index (χ1v) is 12.0. The van der Waals surface area contributed by atoms with Gasteiger partial charge >= 0.3 is 6.09 Å². The van der Waals surface area contributed by atoms with Crippen molar-refractivity contribution in [2.45, 2.75) is 24.8 Å². The lowest BCUT2D eigenvalue weighted by atomic mass is 10.2. The number of nitrogens with zero attached hydrogens (tertiary/aromatic N) is 5. The van der Waals surface area contributed by atoms with Crippen molar-refractivity contribution < 1.29 is 18.8 Å². The molecule has 0 aliphatic rings. The number of hydrogen-bond acceptors (Lipinski definition) is 10. The van der Waals surface area contributed by atoms with E-state index in [1.165, 1.54) is 6.26 Å². The van der Waals surface area contributed by atoms with Crippen LogP contribution in [0.25, 0.3) is 11.3 Å². The number of carbonyl (C=O) groups excluding carboxylic acids is 1. The van der Waals surface area contributed by atoms with Crippen molar-refractivity contribution >= 4 is 33.3 Å². The highest BCUT2D eigenvalue weighted by molar-refractivity contribution is 7.93. The molecule has 0 bridgehead atoms. The van der Waals surface area contributed by atoms with E-state index in [0.717, 1.165) is 0 Å². The average Bonchev–Trinajstić information content (AvgIpc) is 2.80. The molecule has 0 aliphatic heterocycles. The Balaban J connectivity index is 1.85. The predicted molar refractivity (Wildman–Crippen MR) is 125 cm³/mol. The van der Waals surface area contributed by atoms with Gasteiger partial charge in [-0.3, -0.25) is 9.97 Å². The number of aliphatic hydroxyl groups is 1. The van der Waals surface area contributed by atoms with Gasteiger partial charge in [0.2, 0.25) is 5.95 Å². The first-order valence-electron chi connectivity index (χ1n) is 10.1. The van der Waals surface area contributed by atoms with E-state index in [9.17, 15) is 14.1 Å². The third kappa shape index (κ3) is 6.43. The molecule has 0 saturated carbocycles. The van der Waals surface area contributed by atoms with E-state index < -0.39 is 15.8 Å². The smallest absolute Gasteiger partial charge is 0.442 e. The number of amides is 1. The topological polar surface area (TPSA) is 152 Å². The quantitative estimate of drug-likeness (QED) is 0.447. The van der Waals surface area contributed by atoms with E-state index in [2.05, 4.69) is 34.9 Å². The fourth-order valence-corrected chi connectivity index (χ4v) is 3.81. The summed E-state index contributed by atoms with van der Waals surface area (Å²) in [6.07, 6.45) is 6.87. The zero-order valence-electron chi connectivity index (χ0n) is 18.4. The minimum Gasteiger partial charge on any atom is -0.448 e. The zero-order valence-corrected chi connectivity index (χ0v) is 19.2. The molecule has 0 fully saturated rings. The van der Waals surface area contributed by atoms with E-state index in [0.29, 0.717) is 33.6 Å². The molecule has 11 nitrogen and oxygen atoms in total. The van der Waals surface area contributed by atoms with Crippen LogP contribution in [0.2, 0.25) is 0 Å². The Morgan fingerprint density at radius 3 is 2.61 bits per heavy atom. The lowest BCUT2D eigenvalue weighted by molar-refractivity contribution is 0.164. The summed E-state index contributed by atoms with van der Waals surface area (Å²) in [5, 5.41) is 15.6. The van der Waals surface area contributed by atoms with Gasteiger partial charge in [0.15, 0.2) is 0 Å². The fraction of sp³-hybridized carbons (Fsp3) is 0.286. The van der Waals surface area contributed by atoms with Gasteiger partial charge in [0.1, 0.15) is 5.82 Å². The van der Waals surface area contributed by atoms with Crippen LogP contribution >= 0.6 is 0 Å². The number of hydrogen-bond donors (Lipinski definition) is 3. The normalized spacial score (nSPS) is 13.5. The van der Waals surface area contributed by atoms with Gasteiger partial charge in [-0.1, -0.05) is 0 Å². The van der Waals surface area contributed by atoms with Crippen molar-refractivity contribution in [1.82, 2.24) is 19.9 Å². The van der Waals surface area contributed by atoms with Crippen LogP contribution in [-0.4, -0.2) is 60.9 Å². The van der Waals surface area contributed by atoms with Crippen molar-refractivity contribution in [3.63, 3.8) is 0 Å². The second-order valence-corrected chi connectivity index (χ2v) is 9.28. The summed E-state index contributed by atoms with van der Waals surface area (Å²) in [6.45, 7) is 3.54. The maximum atomic E-state index is 12.7. The van der Waals surface area contributed by atoms with E-state index in [-0.39, 0.29) is 19.3 Å². The molecule has 1 unspecified atom stereocenters. The lowest BCUT2D eigenvalue weighted by Crippen LogP contribution is -2.21. The Kier molecular flexibility index (Phi) is 7.85. The first kappa shape index (κ1) is 24.0. The van der Waals surface area contributed by atoms with Gasteiger partial charge in [0.05, 0.1) is 40.4 Å². The number of benzene rings is 1. The third-order valence-electron chi connectivity index (χ3n) is 4.35. The molecule has 2 atom stereocenters. The highest BCUT2D eigenvalue weighted by Gasteiger charge is 2.14. The number of anilines is 3. The predicted octanol–water partition coefficient (Wildman–Crippen LogP) is 3.08. The minimum absolute atomic E-state index is 0.0821. The number of rotatable bonds is 8. The second kappa shape index (κ2) is 10.8.